The van der Waals surface area contributed by atoms with Crippen molar-refractivity contribution in [3.8, 4) is 0 Å². The van der Waals surface area contributed by atoms with Crippen molar-refractivity contribution in [3.63, 3.8) is 0 Å². The molecule has 0 bridgehead atoms. The summed E-state index contributed by atoms with van der Waals surface area (Å²) in [6.45, 7) is 0. The number of methoxy groups -OCH3 is 2. The van der Waals surface area contributed by atoms with Gasteiger partial charge in [-0.3, -0.25) is 0 Å². The van der Waals surface area contributed by atoms with Gasteiger partial charge in [0.2, 0.25) is 5.79 Å². The maximum Gasteiger partial charge on any atom is 0.250 e. The SMILES string of the molecule is COC1(OC)C=CC(=NS(C)(=O)=O)C=C1. The van der Waals surface area contributed by atoms with Crippen molar-refractivity contribution < 1.29 is 17.9 Å². The highest BCUT2D eigenvalue weighted by atomic mass is 32.2. The number of rotatable bonds is 3. The Morgan fingerprint density at radius 2 is 1.67 bits per heavy atom. The summed E-state index contributed by atoms with van der Waals surface area (Å²) in [5.41, 5.74) is 0.349. The molecule has 1 rings (SSSR count). The van der Waals surface area contributed by atoms with Crippen molar-refractivity contribution >= 4 is 15.7 Å². The average molecular weight is 231 g/mol. The van der Waals surface area contributed by atoms with Crippen molar-refractivity contribution in [2.45, 2.75) is 5.79 Å². The minimum atomic E-state index is -3.37. The summed E-state index contributed by atoms with van der Waals surface area (Å²) in [4.78, 5) is 0. The zero-order valence-corrected chi connectivity index (χ0v) is 9.61. The van der Waals surface area contributed by atoms with Gasteiger partial charge in [0.05, 0.1) is 12.0 Å². The van der Waals surface area contributed by atoms with Crippen LogP contribution in [0, 0.1) is 0 Å². The van der Waals surface area contributed by atoms with E-state index in [4.69, 9.17) is 9.47 Å². The van der Waals surface area contributed by atoms with Gasteiger partial charge in [-0.2, -0.15) is 4.40 Å². The summed E-state index contributed by atoms with van der Waals surface area (Å²) in [6, 6.07) is 0. The number of ether oxygens (including phenoxy) is 2. The number of nitrogens with zero attached hydrogens (tertiary/aromatic N) is 1. The van der Waals surface area contributed by atoms with Crippen LogP contribution in [0.2, 0.25) is 0 Å². The summed E-state index contributed by atoms with van der Waals surface area (Å²) < 4.78 is 35.5. The lowest BCUT2D eigenvalue weighted by atomic mass is 10.1. The van der Waals surface area contributed by atoms with Gasteiger partial charge in [0.15, 0.2) is 0 Å². The standard InChI is InChI=1S/C9H13NO4S/c1-13-9(14-2)6-4-8(5-7-9)10-15(3,11)12/h4-7H,1-3H3. The van der Waals surface area contributed by atoms with Gasteiger partial charge in [-0.05, 0) is 24.3 Å². The normalized spacial score (nSPS) is 19.3. The molecular weight excluding hydrogens is 218 g/mol. The molecule has 0 aliphatic heterocycles. The van der Waals surface area contributed by atoms with E-state index >= 15 is 0 Å². The van der Waals surface area contributed by atoms with Crippen LogP contribution in [0.4, 0.5) is 0 Å². The van der Waals surface area contributed by atoms with Crippen LogP contribution in [-0.4, -0.2) is 40.4 Å². The molecule has 0 amide bonds. The molecule has 0 aromatic carbocycles. The van der Waals surface area contributed by atoms with E-state index in [1.807, 2.05) is 0 Å². The van der Waals surface area contributed by atoms with Crippen LogP contribution in [0.5, 0.6) is 0 Å². The molecule has 0 saturated heterocycles. The highest BCUT2D eigenvalue weighted by Gasteiger charge is 2.24. The first kappa shape index (κ1) is 12.1. The Balaban J connectivity index is 2.94. The topological polar surface area (TPSA) is 65.0 Å². The van der Waals surface area contributed by atoms with E-state index in [9.17, 15) is 8.42 Å². The fraction of sp³-hybridized carbons (Fsp3) is 0.444. The molecule has 1 aliphatic carbocycles. The summed E-state index contributed by atoms with van der Waals surface area (Å²) in [7, 11) is -0.377. The highest BCUT2D eigenvalue weighted by Crippen LogP contribution is 2.19. The van der Waals surface area contributed by atoms with Crippen molar-refractivity contribution in [1.82, 2.24) is 0 Å². The predicted octanol–water partition coefficient (Wildman–Crippen LogP) is 0.502. The van der Waals surface area contributed by atoms with Gasteiger partial charge >= 0.3 is 0 Å². The lowest BCUT2D eigenvalue weighted by Gasteiger charge is -2.25. The summed E-state index contributed by atoms with van der Waals surface area (Å²) in [6.07, 6.45) is 7.30. The molecule has 0 fully saturated rings. The van der Waals surface area contributed by atoms with Gasteiger partial charge in [-0.15, -0.1) is 0 Å². The summed E-state index contributed by atoms with van der Waals surface area (Å²) in [5, 5.41) is 0. The van der Waals surface area contributed by atoms with Gasteiger partial charge in [-0.1, -0.05) is 0 Å². The second-order valence-corrected chi connectivity index (χ2v) is 4.69. The molecule has 0 radical (unpaired) electrons. The van der Waals surface area contributed by atoms with Crippen LogP contribution in [0.1, 0.15) is 0 Å². The van der Waals surface area contributed by atoms with Crippen LogP contribution >= 0.6 is 0 Å². The summed E-state index contributed by atoms with van der Waals surface area (Å²) in [5.74, 6) is -0.920. The van der Waals surface area contributed by atoms with Crippen LogP contribution < -0.4 is 0 Å². The number of sulfonamides is 1. The lowest BCUT2D eigenvalue weighted by molar-refractivity contribution is -0.133. The Bertz CT molecular complexity index is 397. The van der Waals surface area contributed by atoms with Crippen molar-refractivity contribution in [2.75, 3.05) is 20.5 Å². The van der Waals surface area contributed by atoms with Crippen LogP contribution in [-0.2, 0) is 19.5 Å². The monoisotopic (exact) mass is 231 g/mol. The van der Waals surface area contributed by atoms with Crippen molar-refractivity contribution in [3.05, 3.63) is 24.3 Å². The maximum atomic E-state index is 10.9. The Kier molecular flexibility index (Phi) is 3.43. The molecule has 0 heterocycles. The minimum Gasteiger partial charge on any atom is -0.346 e. The van der Waals surface area contributed by atoms with Crippen LogP contribution in [0.25, 0.3) is 0 Å². The van der Waals surface area contributed by atoms with E-state index in [1.54, 1.807) is 12.2 Å². The number of hydrogen-bond donors (Lipinski definition) is 0. The van der Waals surface area contributed by atoms with Crippen molar-refractivity contribution in [2.24, 2.45) is 4.40 Å². The first-order chi connectivity index (χ1) is 6.91. The molecule has 0 saturated carbocycles. The number of allylic oxidation sites excluding steroid dienone is 2. The van der Waals surface area contributed by atoms with Crippen LogP contribution in [0.3, 0.4) is 0 Å². The average Bonchev–Trinajstić information content (AvgIpc) is 2.17. The minimum absolute atomic E-state index is 0.349. The zero-order chi connectivity index (χ0) is 11.5. The van der Waals surface area contributed by atoms with E-state index in [0.717, 1.165) is 6.26 Å². The van der Waals surface area contributed by atoms with Gasteiger partial charge in [0.25, 0.3) is 10.0 Å². The van der Waals surface area contributed by atoms with E-state index in [2.05, 4.69) is 4.40 Å². The first-order valence-electron chi connectivity index (χ1n) is 4.19. The smallest absolute Gasteiger partial charge is 0.250 e. The second kappa shape index (κ2) is 4.26. The van der Waals surface area contributed by atoms with Gasteiger partial charge < -0.3 is 9.47 Å². The van der Waals surface area contributed by atoms with Gasteiger partial charge in [-0.25, -0.2) is 8.42 Å². The molecule has 5 nitrogen and oxygen atoms in total. The van der Waals surface area contributed by atoms with E-state index < -0.39 is 15.8 Å². The van der Waals surface area contributed by atoms with E-state index in [-0.39, 0.29) is 0 Å². The largest absolute Gasteiger partial charge is 0.346 e. The molecule has 0 unspecified atom stereocenters. The van der Waals surface area contributed by atoms with Gasteiger partial charge in [0.1, 0.15) is 0 Å². The molecule has 0 atom stereocenters. The van der Waals surface area contributed by atoms with Crippen molar-refractivity contribution in [1.29, 1.82) is 0 Å². The molecule has 0 N–H and O–H groups in total. The molecule has 6 heteroatoms. The fourth-order valence-corrected chi connectivity index (χ4v) is 1.63. The molecule has 0 aromatic heterocycles. The number of hydrogen-bond acceptors (Lipinski definition) is 4. The molecule has 84 valence electrons. The Morgan fingerprint density at radius 3 is 2.00 bits per heavy atom. The molecular formula is C9H13NO4S. The quantitative estimate of drug-likeness (QED) is 0.663. The maximum absolute atomic E-state index is 10.9. The second-order valence-electron chi connectivity index (χ2n) is 3.05. The van der Waals surface area contributed by atoms with Crippen LogP contribution in [0.15, 0.2) is 28.7 Å². The van der Waals surface area contributed by atoms with E-state index in [1.165, 1.54) is 26.4 Å². The Hall–Kier alpha value is -0.980. The Morgan fingerprint density at radius 1 is 1.20 bits per heavy atom. The zero-order valence-electron chi connectivity index (χ0n) is 8.80. The predicted molar refractivity (Wildman–Crippen MR) is 57.3 cm³/mol. The molecule has 0 aromatic rings. The molecule has 1 aliphatic rings. The Labute approximate surface area is 89.2 Å². The highest BCUT2D eigenvalue weighted by molar-refractivity contribution is 7.89. The first-order valence-corrected chi connectivity index (χ1v) is 6.04. The third kappa shape index (κ3) is 3.26. The third-order valence-electron chi connectivity index (χ3n) is 1.88. The van der Waals surface area contributed by atoms with Gasteiger partial charge in [0, 0.05) is 14.2 Å². The van der Waals surface area contributed by atoms with E-state index in [0.29, 0.717) is 5.71 Å². The fourth-order valence-electron chi connectivity index (χ4n) is 1.12. The third-order valence-corrected chi connectivity index (χ3v) is 2.42. The summed E-state index contributed by atoms with van der Waals surface area (Å²) >= 11 is 0. The lowest BCUT2D eigenvalue weighted by Crippen LogP contribution is -2.30. The molecule has 0 spiro atoms. The molecule has 15 heavy (non-hydrogen) atoms.